The third kappa shape index (κ3) is 3.15. The molecule has 5 nitrogen and oxygen atoms in total. The number of benzene rings is 1. The monoisotopic (exact) mass is 333 g/mol. The standard InChI is InChI=1S/C19H29N2O3/c1-7-20(14-11-9-8-10-12-14)15-13-18(2,3)21(23)19(4,5)16(15)17(22)24-6/h8-12,15-16H,7,13H2,1-6H3/t15-,16+/m0/s1. The van der Waals surface area contributed by atoms with E-state index in [0.717, 1.165) is 17.3 Å². The lowest BCUT2D eigenvalue weighted by atomic mass is 9.70. The second-order valence-corrected chi connectivity index (χ2v) is 7.65. The van der Waals surface area contributed by atoms with Crippen LogP contribution in [0.5, 0.6) is 0 Å². The molecule has 1 saturated heterocycles. The third-order valence-electron chi connectivity index (χ3n) is 5.21. The van der Waals surface area contributed by atoms with Crippen LogP contribution in [0.1, 0.15) is 41.0 Å². The Bertz CT molecular complexity index is 571. The number of hydrogen-bond donors (Lipinski definition) is 0. The van der Waals surface area contributed by atoms with Crippen molar-refractivity contribution in [1.82, 2.24) is 5.06 Å². The summed E-state index contributed by atoms with van der Waals surface area (Å²) in [7, 11) is 1.39. The number of hydroxylamine groups is 2. The van der Waals surface area contributed by atoms with E-state index >= 15 is 0 Å². The summed E-state index contributed by atoms with van der Waals surface area (Å²) in [4.78, 5) is 14.8. The van der Waals surface area contributed by atoms with E-state index in [-0.39, 0.29) is 12.0 Å². The zero-order valence-corrected chi connectivity index (χ0v) is 15.6. The highest BCUT2D eigenvalue weighted by molar-refractivity contribution is 5.76. The topological polar surface area (TPSA) is 52.7 Å². The molecule has 0 unspecified atom stereocenters. The van der Waals surface area contributed by atoms with E-state index in [1.165, 1.54) is 7.11 Å². The van der Waals surface area contributed by atoms with E-state index in [2.05, 4.69) is 11.8 Å². The van der Waals surface area contributed by atoms with E-state index in [0.29, 0.717) is 6.42 Å². The van der Waals surface area contributed by atoms with Crippen molar-refractivity contribution in [2.75, 3.05) is 18.6 Å². The molecule has 1 aliphatic rings. The number of carbonyl (C=O) groups is 1. The fourth-order valence-electron chi connectivity index (χ4n) is 4.18. The van der Waals surface area contributed by atoms with Crippen LogP contribution in [0.4, 0.5) is 5.69 Å². The van der Waals surface area contributed by atoms with Crippen molar-refractivity contribution in [2.45, 2.75) is 58.2 Å². The molecule has 0 bridgehead atoms. The Balaban J connectivity index is 2.52. The Morgan fingerprint density at radius 1 is 1.25 bits per heavy atom. The van der Waals surface area contributed by atoms with E-state index in [9.17, 15) is 10.0 Å². The summed E-state index contributed by atoms with van der Waals surface area (Å²) in [5, 5.41) is 14.0. The van der Waals surface area contributed by atoms with Crippen molar-refractivity contribution in [3.05, 3.63) is 30.3 Å². The minimum Gasteiger partial charge on any atom is -0.469 e. The SMILES string of the molecule is CCN(c1ccccc1)[C@H]1CC(C)(C)N([O])C(C)(C)[C@H]1C(=O)OC. The summed E-state index contributed by atoms with van der Waals surface area (Å²) in [5.74, 6) is -0.844. The maximum Gasteiger partial charge on any atom is 0.312 e. The molecule has 2 atom stereocenters. The van der Waals surface area contributed by atoms with Crippen LogP contribution in [0, 0.1) is 5.92 Å². The van der Waals surface area contributed by atoms with Crippen LogP contribution in [0.25, 0.3) is 0 Å². The van der Waals surface area contributed by atoms with Crippen molar-refractivity contribution < 1.29 is 14.7 Å². The molecule has 2 rings (SSSR count). The number of carbonyl (C=O) groups excluding carboxylic acids is 1. The molecule has 1 aliphatic heterocycles. The number of esters is 1. The molecule has 0 spiro atoms. The Kier molecular flexibility index (Phi) is 5.25. The lowest BCUT2D eigenvalue weighted by molar-refractivity contribution is -0.302. The van der Waals surface area contributed by atoms with E-state index in [1.807, 2.05) is 58.0 Å². The molecule has 0 saturated carbocycles. The quantitative estimate of drug-likeness (QED) is 0.794. The predicted octanol–water partition coefficient (Wildman–Crippen LogP) is 3.28. The summed E-state index contributed by atoms with van der Waals surface area (Å²) in [6.45, 7) is 10.4. The van der Waals surface area contributed by atoms with Gasteiger partial charge in [0.1, 0.15) is 0 Å². The molecule has 5 heteroatoms. The number of nitrogens with zero attached hydrogens (tertiary/aromatic N) is 2. The van der Waals surface area contributed by atoms with Crippen molar-refractivity contribution in [3.63, 3.8) is 0 Å². The Morgan fingerprint density at radius 3 is 2.33 bits per heavy atom. The van der Waals surface area contributed by atoms with Gasteiger partial charge in [-0.25, -0.2) is 0 Å². The van der Waals surface area contributed by atoms with Crippen LogP contribution in [-0.4, -0.2) is 41.8 Å². The van der Waals surface area contributed by atoms with E-state index in [1.54, 1.807) is 0 Å². The van der Waals surface area contributed by atoms with Gasteiger partial charge in [0.05, 0.1) is 18.6 Å². The molecule has 133 valence electrons. The Morgan fingerprint density at radius 2 is 1.83 bits per heavy atom. The maximum absolute atomic E-state index is 12.9. The molecular formula is C19H29N2O3. The fourth-order valence-corrected chi connectivity index (χ4v) is 4.18. The average Bonchev–Trinajstić information content (AvgIpc) is 2.54. The van der Waals surface area contributed by atoms with Gasteiger partial charge in [-0.2, -0.15) is 0 Å². The van der Waals surface area contributed by atoms with Crippen LogP contribution in [0.15, 0.2) is 30.3 Å². The number of ether oxygens (including phenoxy) is 1. The van der Waals surface area contributed by atoms with E-state index < -0.39 is 17.0 Å². The maximum atomic E-state index is 12.9. The molecule has 0 aliphatic carbocycles. The van der Waals surface area contributed by atoms with Crippen LogP contribution < -0.4 is 4.90 Å². The molecular weight excluding hydrogens is 304 g/mol. The van der Waals surface area contributed by atoms with Gasteiger partial charge < -0.3 is 9.64 Å². The summed E-state index contributed by atoms with van der Waals surface area (Å²) < 4.78 is 5.07. The van der Waals surface area contributed by atoms with Crippen molar-refractivity contribution >= 4 is 11.7 Å². The number of anilines is 1. The summed E-state index contributed by atoms with van der Waals surface area (Å²) >= 11 is 0. The third-order valence-corrected chi connectivity index (χ3v) is 5.21. The summed E-state index contributed by atoms with van der Waals surface area (Å²) in [6, 6.07) is 9.94. The van der Waals surface area contributed by atoms with Gasteiger partial charge >= 0.3 is 5.97 Å². The highest BCUT2D eigenvalue weighted by atomic mass is 16.5. The first-order valence-electron chi connectivity index (χ1n) is 8.53. The van der Waals surface area contributed by atoms with Gasteiger partial charge in [0.2, 0.25) is 0 Å². The van der Waals surface area contributed by atoms with Gasteiger partial charge in [-0.3, -0.25) is 4.79 Å². The molecule has 0 N–H and O–H groups in total. The zero-order valence-electron chi connectivity index (χ0n) is 15.6. The molecule has 1 fully saturated rings. The minimum atomic E-state index is -0.846. The second kappa shape index (κ2) is 6.73. The molecule has 0 aromatic heterocycles. The van der Waals surface area contributed by atoms with Gasteiger partial charge in [-0.05, 0) is 53.2 Å². The number of piperidine rings is 1. The summed E-state index contributed by atoms with van der Waals surface area (Å²) in [6.07, 6.45) is 0.600. The van der Waals surface area contributed by atoms with Crippen LogP contribution >= 0.6 is 0 Å². The van der Waals surface area contributed by atoms with Gasteiger partial charge in [0, 0.05) is 23.8 Å². The highest BCUT2D eigenvalue weighted by Gasteiger charge is 2.57. The van der Waals surface area contributed by atoms with Gasteiger partial charge in [-0.15, -0.1) is 10.3 Å². The lowest BCUT2D eigenvalue weighted by Crippen LogP contribution is -2.69. The largest absolute Gasteiger partial charge is 0.469 e. The first-order chi connectivity index (χ1) is 11.2. The van der Waals surface area contributed by atoms with Gasteiger partial charge in [0.15, 0.2) is 0 Å². The molecule has 1 aromatic carbocycles. The molecule has 1 aromatic rings. The highest BCUT2D eigenvalue weighted by Crippen LogP contribution is 2.44. The normalized spacial score (nSPS) is 26.0. The first-order valence-corrected chi connectivity index (χ1v) is 8.53. The van der Waals surface area contributed by atoms with Gasteiger partial charge in [0.25, 0.3) is 0 Å². The number of methoxy groups -OCH3 is 1. The van der Waals surface area contributed by atoms with Crippen molar-refractivity contribution in [2.24, 2.45) is 5.92 Å². The number of rotatable bonds is 4. The number of para-hydroxylation sites is 1. The number of hydrogen-bond acceptors (Lipinski definition) is 4. The minimum absolute atomic E-state index is 0.0972. The Hall–Kier alpha value is -1.59. The average molecular weight is 333 g/mol. The van der Waals surface area contributed by atoms with Crippen LogP contribution in [0.2, 0.25) is 0 Å². The van der Waals surface area contributed by atoms with Gasteiger partial charge in [-0.1, -0.05) is 18.2 Å². The van der Waals surface area contributed by atoms with Crippen LogP contribution in [0.3, 0.4) is 0 Å². The molecule has 24 heavy (non-hydrogen) atoms. The first kappa shape index (κ1) is 18.7. The summed E-state index contributed by atoms with van der Waals surface area (Å²) in [5.41, 5.74) is -0.340. The van der Waals surface area contributed by atoms with E-state index in [4.69, 9.17) is 4.74 Å². The predicted molar refractivity (Wildman–Crippen MR) is 94.1 cm³/mol. The smallest absolute Gasteiger partial charge is 0.312 e. The second-order valence-electron chi connectivity index (χ2n) is 7.65. The zero-order chi connectivity index (χ0) is 18.1. The molecule has 1 heterocycles. The molecule has 1 radical (unpaired) electrons. The fraction of sp³-hybridized carbons (Fsp3) is 0.632. The molecule has 0 amide bonds. The van der Waals surface area contributed by atoms with Crippen LogP contribution in [-0.2, 0) is 14.7 Å². The van der Waals surface area contributed by atoms with Crippen molar-refractivity contribution in [1.29, 1.82) is 0 Å². The lowest BCUT2D eigenvalue weighted by Gasteiger charge is -2.56. The Labute approximate surface area is 145 Å². The van der Waals surface area contributed by atoms with Crippen molar-refractivity contribution in [3.8, 4) is 0 Å².